The summed E-state index contributed by atoms with van der Waals surface area (Å²) in [7, 11) is 0. The molecule has 1 N–H and O–H groups in total. The van der Waals surface area contributed by atoms with Gasteiger partial charge in [-0.25, -0.2) is 9.78 Å². The van der Waals surface area contributed by atoms with E-state index in [0.29, 0.717) is 22.9 Å². The molecular weight excluding hydrogens is 437 g/mol. The van der Waals surface area contributed by atoms with E-state index in [9.17, 15) is 27.6 Å². The Bertz CT molecular complexity index is 1010. The van der Waals surface area contributed by atoms with Gasteiger partial charge in [-0.2, -0.15) is 0 Å². The number of nitrogens with one attached hydrogen (secondary N) is 1. The van der Waals surface area contributed by atoms with Gasteiger partial charge in [0.1, 0.15) is 11.3 Å². The van der Waals surface area contributed by atoms with Gasteiger partial charge in [-0.1, -0.05) is 12.1 Å². The lowest BCUT2D eigenvalue weighted by Gasteiger charge is -2.22. The number of nitrogens with zero attached hydrogens (tertiary/aromatic N) is 3. The van der Waals surface area contributed by atoms with Crippen LogP contribution in [0.2, 0.25) is 0 Å². The Balaban J connectivity index is 1.77. The SMILES string of the molecule is CCN(C(C)=O)c1nc(CN2C(=O)NC(C)(c3ccc(OC(F)(F)F)cc3)C2=O)cs1. The largest absolute Gasteiger partial charge is 0.573 e. The van der Waals surface area contributed by atoms with Crippen LogP contribution in [0.25, 0.3) is 0 Å². The minimum atomic E-state index is -4.83. The molecule has 4 amide bonds. The number of halogens is 3. The highest BCUT2D eigenvalue weighted by molar-refractivity contribution is 7.14. The smallest absolute Gasteiger partial charge is 0.406 e. The fourth-order valence-electron chi connectivity index (χ4n) is 3.17. The van der Waals surface area contributed by atoms with Crippen LogP contribution in [-0.4, -0.2) is 40.6 Å². The summed E-state index contributed by atoms with van der Waals surface area (Å²) < 4.78 is 40.9. The Hall–Kier alpha value is -3.15. The number of urea groups is 1. The fraction of sp³-hybridized carbons (Fsp3) is 0.368. The van der Waals surface area contributed by atoms with Crippen molar-refractivity contribution in [2.75, 3.05) is 11.4 Å². The molecule has 0 bridgehead atoms. The Morgan fingerprint density at radius 3 is 2.48 bits per heavy atom. The first kappa shape index (κ1) is 22.5. The first-order valence-corrected chi connectivity index (χ1v) is 10.1. The molecule has 1 fully saturated rings. The number of imide groups is 1. The van der Waals surface area contributed by atoms with Crippen LogP contribution in [0.1, 0.15) is 32.0 Å². The molecule has 3 rings (SSSR count). The van der Waals surface area contributed by atoms with E-state index in [-0.39, 0.29) is 12.5 Å². The van der Waals surface area contributed by atoms with Crippen LogP contribution in [0.15, 0.2) is 29.6 Å². The summed E-state index contributed by atoms with van der Waals surface area (Å²) in [6, 6.07) is 4.07. The van der Waals surface area contributed by atoms with Crippen LogP contribution in [-0.2, 0) is 21.7 Å². The van der Waals surface area contributed by atoms with E-state index >= 15 is 0 Å². The number of thiazole rings is 1. The minimum absolute atomic E-state index is 0.110. The Labute approximate surface area is 179 Å². The summed E-state index contributed by atoms with van der Waals surface area (Å²) >= 11 is 1.22. The van der Waals surface area contributed by atoms with Gasteiger partial charge in [-0.3, -0.25) is 19.4 Å². The maximum absolute atomic E-state index is 13.0. The lowest BCUT2D eigenvalue weighted by atomic mass is 9.92. The van der Waals surface area contributed by atoms with Crippen molar-refractivity contribution in [3.05, 3.63) is 40.9 Å². The third kappa shape index (κ3) is 4.63. The van der Waals surface area contributed by atoms with Crippen LogP contribution in [0, 0.1) is 0 Å². The molecule has 1 saturated heterocycles. The highest BCUT2D eigenvalue weighted by atomic mass is 32.1. The van der Waals surface area contributed by atoms with Crippen molar-refractivity contribution >= 4 is 34.3 Å². The molecule has 0 spiro atoms. The standard InChI is InChI=1S/C19H19F3N4O4S/c1-4-25(11(2)27)17-23-13(10-31-17)9-26-15(28)18(3,24-16(26)29)12-5-7-14(8-6-12)30-19(20,21)22/h5-8,10H,4,9H2,1-3H3,(H,24,29). The second-order valence-electron chi connectivity index (χ2n) is 6.90. The number of carbonyl (C=O) groups is 3. The first-order chi connectivity index (χ1) is 14.4. The molecule has 2 heterocycles. The molecule has 0 radical (unpaired) electrons. The molecule has 166 valence electrons. The number of rotatable bonds is 6. The van der Waals surface area contributed by atoms with Crippen molar-refractivity contribution < 1.29 is 32.3 Å². The molecule has 1 atom stereocenters. The summed E-state index contributed by atoms with van der Waals surface area (Å²) in [5.41, 5.74) is -0.724. The fourth-order valence-corrected chi connectivity index (χ4v) is 4.10. The zero-order valence-corrected chi connectivity index (χ0v) is 17.6. The van der Waals surface area contributed by atoms with Gasteiger partial charge in [0.05, 0.1) is 12.2 Å². The van der Waals surface area contributed by atoms with Crippen LogP contribution >= 0.6 is 11.3 Å². The van der Waals surface area contributed by atoms with Crippen LogP contribution in [0.3, 0.4) is 0 Å². The molecule has 0 aliphatic carbocycles. The number of hydrogen-bond donors (Lipinski definition) is 1. The summed E-state index contributed by atoms with van der Waals surface area (Å²) in [6.45, 7) is 5.00. The van der Waals surface area contributed by atoms with E-state index in [1.807, 2.05) is 0 Å². The lowest BCUT2D eigenvalue weighted by molar-refractivity contribution is -0.274. The summed E-state index contributed by atoms with van der Waals surface area (Å²) in [4.78, 5) is 43.9. The predicted molar refractivity (Wildman–Crippen MR) is 105 cm³/mol. The van der Waals surface area contributed by atoms with Gasteiger partial charge in [0.25, 0.3) is 5.91 Å². The number of amides is 4. The van der Waals surface area contributed by atoms with Crippen LogP contribution in [0.5, 0.6) is 5.75 Å². The van der Waals surface area contributed by atoms with Gasteiger partial charge in [-0.05, 0) is 31.5 Å². The van der Waals surface area contributed by atoms with Crippen LogP contribution < -0.4 is 15.0 Å². The number of hydrogen-bond acceptors (Lipinski definition) is 6. The molecule has 8 nitrogen and oxygen atoms in total. The van der Waals surface area contributed by atoms with E-state index in [1.54, 1.807) is 12.3 Å². The molecular formula is C19H19F3N4O4S. The zero-order valence-electron chi connectivity index (χ0n) is 16.8. The third-order valence-corrected chi connectivity index (χ3v) is 5.64. The molecule has 1 aromatic heterocycles. The van der Waals surface area contributed by atoms with E-state index < -0.39 is 29.6 Å². The maximum atomic E-state index is 13.0. The Morgan fingerprint density at radius 2 is 1.94 bits per heavy atom. The predicted octanol–water partition coefficient (Wildman–Crippen LogP) is 3.38. The van der Waals surface area contributed by atoms with Gasteiger partial charge in [-0.15, -0.1) is 24.5 Å². The molecule has 1 unspecified atom stereocenters. The van der Waals surface area contributed by atoms with Gasteiger partial charge in [0.2, 0.25) is 5.91 Å². The van der Waals surface area contributed by atoms with Crippen molar-refractivity contribution in [2.45, 2.75) is 39.2 Å². The van der Waals surface area contributed by atoms with E-state index in [1.165, 1.54) is 42.2 Å². The van der Waals surface area contributed by atoms with Crippen LogP contribution in [0.4, 0.5) is 23.1 Å². The molecule has 0 saturated carbocycles. The highest BCUT2D eigenvalue weighted by Gasteiger charge is 2.49. The molecule has 12 heteroatoms. The summed E-state index contributed by atoms with van der Waals surface area (Å²) in [5.74, 6) is -1.19. The Morgan fingerprint density at radius 1 is 1.29 bits per heavy atom. The summed E-state index contributed by atoms with van der Waals surface area (Å²) in [6.07, 6.45) is -4.83. The van der Waals surface area contributed by atoms with Gasteiger partial charge >= 0.3 is 12.4 Å². The number of ether oxygens (including phenoxy) is 1. The van der Waals surface area contributed by atoms with Crippen molar-refractivity contribution in [3.63, 3.8) is 0 Å². The van der Waals surface area contributed by atoms with E-state index in [0.717, 1.165) is 17.0 Å². The molecule has 2 aromatic rings. The third-order valence-electron chi connectivity index (χ3n) is 4.73. The highest BCUT2D eigenvalue weighted by Crippen LogP contribution is 2.32. The second-order valence-corrected chi connectivity index (χ2v) is 7.74. The molecule has 1 aliphatic heterocycles. The minimum Gasteiger partial charge on any atom is -0.406 e. The average Bonchev–Trinajstić information content (AvgIpc) is 3.20. The van der Waals surface area contributed by atoms with Crippen molar-refractivity contribution in [3.8, 4) is 5.75 Å². The van der Waals surface area contributed by atoms with Gasteiger partial charge in [0.15, 0.2) is 5.13 Å². The van der Waals surface area contributed by atoms with Crippen molar-refractivity contribution in [1.82, 2.24) is 15.2 Å². The second kappa shape index (κ2) is 8.17. The number of carbonyl (C=O) groups excluding carboxylic acids is 3. The number of anilines is 1. The van der Waals surface area contributed by atoms with Gasteiger partial charge < -0.3 is 10.1 Å². The average molecular weight is 456 g/mol. The van der Waals surface area contributed by atoms with E-state index in [4.69, 9.17) is 0 Å². The van der Waals surface area contributed by atoms with Crippen molar-refractivity contribution in [1.29, 1.82) is 0 Å². The topological polar surface area (TPSA) is 91.8 Å². The normalized spacial score (nSPS) is 18.8. The number of aromatic nitrogens is 1. The number of benzene rings is 1. The van der Waals surface area contributed by atoms with E-state index in [2.05, 4.69) is 15.0 Å². The first-order valence-electron chi connectivity index (χ1n) is 9.17. The lowest BCUT2D eigenvalue weighted by Crippen LogP contribution is -2.40. The van der Waals surface area contributed by atoms with Crippen molar-refractivity contribution in [2.24, 2.45) is 0 Å². The molecule has 1 aliphatic rings. The zero-order chi connectivity index (χ0) is 23.0. The molecule has 31 heavy (non-hydrogen) atoms. The molecule has 1 aromatic carbocycles. The number of alkyl halides is 3. The van der Waals surface area contributed by atoms with Gasteiger partial charge in [0, 0.05) is 18.8 Å². The summed E-state index contributed by atoms with van der Waals surface area (Å²) in [5, 5.41) is 4.69. The monoisotopic (exact) mass is 456 g/mol. The Kier molecular flexibility index (Phi) is 5.94. The maximum Gasteiger partial charge on any atom is 0.573 e. The quantitative estimate of drug-likeness (QED) is 0.673.